The lowest BCUT2D eigenvalue weighted by molar-refractivity contribution is 0.0706. The molecule has 0 bridgehead atoms. The Morgan fingerprint density at radius 1 is 0.778 bits per heavy atom. The van der Waals surface area contributed by atoms with Crippen LogP contribution in [0.15, 0.2) is 0 Å². The summed E-state index contributed by atoms with van der Waals surface area (Å²) < 4.78 is 17.5. The summed E-state index contributed by atoms with van der Waals surface area (Å²) in [6, 6.07) is 0.940. The van der Waals surface area contributed by atoms with Gasteiger partial charge in [-0.05, 0) is 54.3 Å². The highest BCUT2D eigenvalue weighted by atomic mass is 28.4. The maximum absolute atomic E-state index is 5.82. The van der Waals surface area contributed by atoms with Gasteiger partial charge in [0.15, 0.2) is 0 Å². The molecule has 5 heteroatoms. The van der Waals surface area contributed by atoms with Crippen LogP contribution < -0.4 is 0 Å². The van der Waals surface area contributed by atoms with Crippen molar-refractivity contribution >= 4 is 8.80 Å². The number of hydrogen-bond acceptors (Lipinski definition) is 4. The van der Waals surface area contributed by atoms with Gasteiger partial charge in [0.05, 0.1) is 0 Å². The third-order valence-electron chi connectivity index (χ3n) is 2.68. The van der Waals surface area contributed by atoms with Crippen LogP contribution >= 0.6 is 0 Å². The Labute approximate surface area is 114 Å². The van der Waals surface area contributed by atoms with Crippen LogP contribution in [0, 0.1) is 0 Å². The van der Waals surface area contributed by atoms with Crippen LogP contribution in [-0.4, -0.2) is 54.2 Å². The van der Waals surface area contributed by atoms with E-state index in [0.717, 1.165) is 19.0 Å². The topological polar surface area (TPSA) is 30.9 Å². The van der Waals surface area contributed by atoms with Crippen molar-refractivity contribution in [1.82, 2.24) is 4.90 Å². The largest absolute Gasteiger partial charge is 0.500 e. The van der Waals surface area contributed by atoms with E-state index in [2.05, 4.69) is 19.0 Å². The van der Waals surface area contributed by atoms with Crippen molar-refractivity contribution < 1.29 is 13.3 Å². The summed E-state index contributed by atoms with van der Waals surface area (Å²) >= 11 is 0. The van der Waals surface area contributed by atoms with Gasteiger partial charge < -0.3 is 18.2 Å². The van der Waals surface area contributed by atoms with Gasteiger partial charge in [-0.3, -0.25) is 0 Å². The summed E-state index contributed by atoms with van der Waals surface area (Å²) in [6.07, 6.45) is 3.56. The maximum Gasteiger partial charge on any atom is 0.500 e. The molecule has 0 aromatic rings. The van der Waals surface area contributed by atoms with Crippen LogP contribution in [0.5, 0.6) is 0 Å². The lowest BCUT2D eigenvalue weighted by Gasteiger charge is -2.28. The molecule has 0 N–H and O–H groups in total. The van der Waals surface area contributed by atoms with Crippen molar-refractivity contribution in [1.29, 1.82) is 0 Å². The van der Waals surface area contributed by atoms with Gasteiger partial charge in [0.2, 0.25) is 0 Å². The van der Waals surface area contributed by atoms with Gasteiger partial charge >= 0.3 is 8.80 Å². The molecule has 0 aliphatic heterocycles. The highest BCUT2D eigenvalue weighted by Crippen LogP contribution is 2.19. The van der Waals surface area contributed by atoms with Crippen molar-refractivity contribution in [3.63, 3.8) is 0 Å². The number of hydrogen-bond donors (Lipinski definition) is 0. The zero-order valence-corrected chi connectivity index (χ0v) is 13.8. The standard InChI is InChI=1S/C13H31NO3Si/c1-6-15-18(16-7-2,17-8-3)13-11-9-10-12-14(4)5/h6-13H2,1-5H3. The normalized spacial score (nSPS) is 12.3. The Morgan fingerprint density at radius 2 is 1.28 bits per heavy atom. The molecule has 0 fully saturated rings. The van der Waals surface area contributed by atoms with Crippen LogP contribution in [0.25, 0.3) is 0 Å². The summed E-state index contributed by atoms with van der Waals surface area (Å²) in [5, 5.41) is 0. The summed E-state index contributed by atoms with van der Waals surface area (Å²) in [6.45, 7) is 9.17. The molecule has 110 valence electrons. The van der Waals surface area contributed by atoms with E-state index in [1.165, 1.54) is 12.8 Å². The Kier molecular flexibility index (Phi) is 11.0. The zero-order valence-electron chi connectivity index (χ0n) is 12.8. The van der Waals surface area contributed by atoms with Crippen molar-refractivity contribution in [2.45, 2.75) is 46.1 Å². The highest BCUT2D eigenvalue weighted by molar-refractivity contribution is 6.60. The van der Waals surface area contributed by atoms with Crippen LogP contribution in [0.3, 0.4) is 0 Å². The van der Waals surface area contributed by atoms with E-state index >= 15 is 0 Å². The fourth-order valence-corrected chi connectivity index (χ4v) is 4.63. The second-order valence-corrected chi connectivity index (χ2v) is 7.33. The molecule has 0 unspecified atom stereocenters. The molecule has 0 aliphatic carbocycles. The van der Waals surface area contributed by atoms with E-state index in [-0.39, 0.29) is 0 Å². The number of rotatable bonds is 12. The minimum absolute atomic E-state index is 0.671. The summed E-state index contributed by atoms with van der Waals surface area (Å²) in [7, 11) is 1.84. The average Bonchev–Trinajstić information content (AvgIpc) is 2.29. The molecule has 0 aromatic heterocycles. The SMILES string of the molecule is CCO[Si](CCCCCN(C)C)(OCC)OCC. The molecule has 0 atom stereocenters. The van der Waals surface area contributed by atoms with E-state index in [1.807, 2.05) is 20.8 Å². The van der Waals surface area contributed by atoms with E-state index < -0.39 is 8.80 Å². The molecular formula is C13H31NO3Si. The Bertz CT molecular complexity index is 174. The van der Waals surface area contributed by atoms with Gasteiger partial charge in [-0.25, -0.2) is 0 Å². The Balaban J connectivity index is 4.04. The van der Waals surface area contributed by atoms with Crippen molar-refractivity contribution in [3.8, 4) is 0 Å². The lowest BCUT2D eigenvalue weighted by Crippen LogP contribution is -2.45. The number of unbranched alkanes of at least 4 members (excludes halogenated alkanes) is 2. The van der Waals surface area contributed by atoms with Crippen molar-refractivity contribution in [2.24, 2.45) is 0 Å². The molecule has 0 radical (unpaired) electrons. The van der Waals surface area contributed by atoms with Gasteiger partial charge in [0.25, 0.3) is 0 Å². The molecule has 0 spiro atoms. The third kappa shape index (κ3) is 8.21. The first-order valence-electron chi connectivity index (χ1n) is 7.16. The molecule has 0 rings (SSSR count). The van der Waals surface area contributed by atoms with E-state index in [0.29, 0.717) is 19.8 Å². The fourth-order valence-electron chi connectivity index (χ4n) is 1.95. The van der Waals surface area contributed by atoms with Crippen molar-refractivity contribution in [2.75, 3.05) is 40.5 Å². The minimum Gasteiger partial charge on any atom is -0.374 e. The predicted molar refractivity (Wildman–Crippen MR) is 77.8 cm³/mol. The second kappa shape index (κ2) is 10.9. The molecule has 0 heterocycles. The van der Waals surface area contributed by atoms with E-state index in [4.69, 9.17) is 13.3 Å². The summed E-state index contributed by atoms with van der Waals surface area (Å²) in [5.74, 6) is 0. The zero-order chi connectivity index (χ0) is 13.9. The van der Waals surface area contributed by atoms with E-state index in [1.54, 1.807) is 0 Å². The third-order valence-corrected chi connectivity index (χ3v) is 5.83. The van der Waals surface area contributed by atoms with Crippen LogP contribution in [0.2, 0.25) is 6.04 Å². The second-order valence-electron chi connectivity index (χ2n) is 4.60. The first-order valence-corrected chi connectivity index (χ1v) is 9.10. The number of nitrogens with zero attached hydrogens (tertiary/aromatic N) is 1. The lowest BCUT2D eigenvalue weighted by atomic mass is 10.2. The van der Waals surface area contributed by atoms with Crippen LogP contribution in [-0.2, 0) is 13.3 Å². The molecule has 18 heavy (non-hydrogen) atoms. The Hall–Kier alpha value is 0.0569. The molecule has 0 saturated carbocycles. The van der Waals surface area contributed by atoms with Gasteiger partial charge in [-0.15, -0.1) is 0 Å². The summed E-state index contributed by atoms with van der Waals surface area (Å²) in [4.78, 5) is 2.22. The maximum atomic E-state index is 5.82. The quantitative estimate of drug-likeness (QED) is 0.405. The molecule has 0 aliphatic rings. The minimum atomic E-state index is -2.39. The van der Waals surface area contributed by atoms with Crippen molar-refractivity contribution in [3.05, 3.63) is 0 Å². The first-order chi connectivity index (χ1) is 8.60. The molecule has 4 nitrogen and oxygen atoms in total. The van der Waals surface area contributed by atoms with Gasteiger partial charge in [-0.1, -0.05) is 6.42 Å². The van der Waals surface area contributed by atoms with Gasteiger partial charge in [0, 0.05) is 25.9 Å². The van der Waals surface area contributed by atoms with Gasteiger partial charge in [-0.2, -0.15) is 0 Å². The van der Waals surface area contributed by atoms with E-state index in [9.17, 15) is 0 Å². The smallest absolute Gasteiger partial charge is 0.374 e. The molecular weight excluding hydrogens is 246 g/mol. The summed E-state index contributed by atoms with van der Waals surface area (Å²) in [5.41, 5.74) is 0. The molecule has 0 amide bonds. The van der Waals surface area contributed by atoms with Crippen LogP contribution in [0.4, 0.5) is 0 Å². The Morgan fingerprint density at radius 3 is 1.67 bits per heavy atom. The van der Waals surface area contributed by atoms with Crippen LogP contribution in [0.1, 0.15) is 40.0 Å². The fraction of sp³-hybridized carbons (Fsp3) is 1.00. The highest BCUT2D eigenvalue weighted by Gasteiger charge is 2.39. The average molecular weight is 277 g/mol. The van der Waals surface area contributed by atoms with Gasteiger partial charge in [0.1, 0.15) is 0 Å². The molecule has 0 saturated heterocycles. The molecule has 0 aromatic carbocycles. The predicted octanol–water partition coefficient (Wildman–Crippen LogP) is 2.77. The first kappa shape index (κ1) is 18.1. The monoisotopic (exact) mass is 277 g/mol.